The van der Waals surface area contributed by atoms with E-state index in [1.807, 2.05) is 34.3 Å². The number of carbonyl (C=O) groups is 1. The monoisotopic (exact) mass is 309 g/mol. The fourth-order valence-electron chi connectivity index (χ4n) is 2.92. The van der Waals surface area contributed by atoms with Crippen molar-refractivity contribution >= 4 is 17.7 Å². The zero-order valence-electron chi connectivity index (χ0n) is 13.6. The van der Waals surface area contributed by atoms with Crippen molar-refractivity contribution in [2.45, 2.75) is 46.1 Å². The molecule has 0 aliphatic carbocycles. The summed E-state index contributed by atoms with van der Waals surface area (Å²) in [4.78, 5) is 14.8. The number of hydrogen-bond donors (Lipinski definition) is 0. The third-order valence-electron chi connectivity index (χ3n) is 4.12. The molecule has 1 atom stereocenters. The van der Waals surface area contributed by atoms with Crippen LogP contribution < -0.4 is 0 Å². The minimum atomic E-state index is 0.155. The molecule has 0 saturated carbocycles. The number of likely N-dealkylation sites (tertiary alicyclic amines) is 1. The highest BCUT2D eigenvalue weighted by Gasteiger charge is 2.26. The van der Waals surface area contributed by atoms with Gasteiger partial charge in [0.1, 0.15) is 5.69 Å². The number of hydrogen-bond acceptors (Lipinski definition) is 3. The van der Waals surface area contributed by atoms with Crippen LogP contribution in [-0.2, 0) is 6.54 Å². The van der Waals surface area contributed by atoms with Crippen molar-refractivity contribution in [3.05, 3.63) is 17.5 Å². The molecule has 118 valence electrons. The van der Waals surface area contributed by atoms with Gasteiger partial charge in [-0.15, -0.1) is 0 Å². The Bertz CT molecular complexity index is 482. The molecule has 0 spiro atoms. The van der Waals surface area contributed by atoms with Crippen LogP contribution in [0.5, 0.6) is 0 Å². The fraction of sp³-hybridized carbons (Fsp3) is 0.750. The average molecular weight is 309 g/mol. The Morgan fingerprint density at radius 1 is 1.52 bits per heavy atom. The van der Waals surface area contributed by atoms with E-state index in [1.165, 1.54) is 6.42 Å². The van der Waals surface area contributed by atoms with E-state index in [-0.39, 0.29) is 5.91 Å². The van der Waals surface area contributed by atoms with Gasteiger partial charge < -0.3 is 4.90 Å². The van der Waals surface area contributed by atoms with E-state index in [9.17, 15) is 4.79 Å². The smallest absolute Gasteiger partial charge is 0.272 e. The zero-order chi connectivity index (χ0) is 15.4. The van der Waals surface area contributed by atoms with Crippen molar-refractivity contribution in [1.82, 2.24) is 14.7 Å². The van der Waals surface area contributed by atoms with Crippen LogP contribution >= 0.6 is 11.8 Å². The molecule has 1 amide bonds. The third-order valence-corrected chi connectivity index (χ3v) is 4.92. The van der Waals surface area contributed by atoms with Crippen molar-refractivity contribution in [3.63, 3.8) is 0 Å². The molecule has 1 aromatic heterocycles. The molecule has 1 fully saturated rings. The summed E-state index contributed by atoms with van der Waals surface area (Å²) >= 11 is 1.88. The van der Waals surface area contributed by atoms with Crippen molar-refractivity contribution in [2.75, 3.05) is 25.1 Å². The highest BCUT2D eigenvalue weighted by atomic mass is 32.2. The topological polar surface area (TPSA) is 38.1 Å². The molecule has 0 unspecified atom stereocenters. The van der Waals surface area contributed by atoms with Gasteiger partial charge in [0, 0.05) is 19.6 Å². The molecule has 1 aliphatic rings. The van der Waals surface area contributed by atoms with Gasteiger partial charge in [-0.2, -0.15) is 16.9 Å². The largest absolute Gasteiger partial charge is 0.337 e. The number of rotatable bonds is 5. The van der Waals surface area contributed by atoms with Gasteiger partial charge >= 0.3 is 0 Å². The average Bonchev–Trinajstić information content (AvgIpc) is 2.91. The van der Waals surface area contributed by atoms with Crippen LogP contribution in [0.25, 0.3) is 0 Å². The SMILES string of the molecule is CCn1nc(C(C)C)cc1C(=O)N1CCC[C@@H](CSC)C1. The van der Waals surface area contributed by atoms with Crippen LogP contribution in [0.3, 0.4) is 0 Å². The minimum Gasteiger partial charge on any atom is -0.337 e. The number of amides is 1. The first-order valence-electron chi connectivity index (χ1n) is 7.92. The van der Waals surface area contributed by atoms with E-state index in [1.54, 1.807) is 0 Å². The van der Waals surface area contributed by atoms with Crippen molar-refractivity contribution in [1.29, 1.82) is 0 Å². The molecule has 5 heteroatoms. The summed E-state index contributed by atoms with van der Waals surface area (Å²) < 4.78 is 1.86. The molecular weight excluding hydrogens is 282 g/mol. The quantitative estimate of drug-likeness (QED) is 0.838. The third kappa shape index (κ3) is 3.82. The number of carbonyl (C=O) groups excluding carboxylic acids is 1. The van der Waals surface area contributed by atoms with Crippen LogP contribution in [0, 0.1) is 5.92 Å². The summed E-state index contributed by atoms with van der Waals surface area (Å²) in [5.41, 5.74) is 1.77. The second-order valence-electron chi connectivity index (χ2n) is 6.14. The number of aryl methyl sites for hydroxylation is 1. The normalized spacial score (nSPS) is 19.3. The first-order chi connectivity index (χ1) is 10.1. The van der Waals surface area contributed by atoms with Gasteiger partial charge in [0.15, 0.2) is 0 Å². The molecule has 0 radical (unpaired) electrons. The minimum absolute atomic E-state index is 0.155. The van der Waals surface area contributed by atoms with Gasteiger partial charge in [-0.1, -0.05) is 13.8 Å². The summed E-state index contributed by atoms with van der Waals surface area (Å²) in [7, 11) is 0. The summed E-state index contributed by atoms with van der Waals surface area (Å²) in [6.07, 6.45) is 4.50. The fourth-order valence-corrected chi connectivity index (χ4v) is 3.66. The summed E-state index contributed by atoms with van der Waals surface area (Å²) in [5, 5.41) is 4.56. The summed E-state index contributed by atoms with van der Waals surface area (Å²) in [6, 6.07) is 1.98. The predicted octanol–water partition coefficient (Wildman–Crippen LogP) is 3.24. The second-order valence-corrected chi connectivity index (χ2v) is 7.05. The summed E-state index contributed by atoms with van der Waals surface area (Å²) in [6.45, 7) is 8.80. The van der Waals surface area contributed by atoms with E-state index in [2.05, 4.69) is 25.2 Å². The van der Waals surface area contributed by atoms with Gasteiger partial charge in [0.2, 0.25) is 0 Å². The molecule has 2 heterocycles. The Morgan fingerprint density at radius 2 is 2.29 bits per heavy atom. The number of aromatic nitrogens is 2. The highest BCUT2D eigenvalue weighted by Crippen LogP contribution is 2.22. The van der Waals surface area contributed by atoms with Crippen LogP contribution in [0.15, 0.2) is 6.07 Å². The molecule has 2 rings (SSSR count). The van der Waals surface area contributed by atoms with Crippen molar-refractivity contribution in [3.8, 4) is 0 Å². The Morgan fingerprint density at radius 3 is 2.90 bits per heavy atom. The molecule has 0 aromatic carbocycles. The van der Waals surface area contributed by atoms with Crippen molar-refractivity contribution < 1.29 is 4.79 Å². The standard InChI is InChI=1S/C16H27N3OS/c1-5-19-15(9-14(17-19)12(2)3)16(20)18-8-6-7-13(10-18)11-21-4/h9,12-13H,5-8,10-11H2,1-4H3/t13-/m1/s1. The maximum atomic E-state index is 12.8. The van der Waals surface area contributed by atoms with E-state index in [0.29, 0.717) is 11.8 Å². The zero-order valence-corrected chi connectivity index (χ0v) is 14.4. The number of thioether (sulfide) groups is 1. The van der Waals surface area contributed by atoms with Gasteiger partial charge in [-0.3, -0.25) is 9.48 Å². The van der Waals surface area contributed by atoms with Crippen molar-refractivity contribution in [2.24, 2.45) is 5.92 Å². The summed E-state index contributed by atoms with van der Waals surface area (Å²) in [5.74, 6) is 2.30. The van der Waals surface area contributed by atoms with E-state index in [0.717, 1.165) is 43.2 Å². The van der Waals surface area contributed by atoms with Gasteiger partial charge in [0.05, 0.1) is 5.69 Å². The number of piperidine rings is 1. The van der Waals surface area contributed by atoms with Crippen LogP contribution in [0.4, 0.5) is 0 Å². The Hall–Kier alpha value is -0.970. The lowest BCUT2D eigenvalue weighted by Gasteiger charge is -2.32. The van der Waals surface area contributed by atoms with E-state index >= 15 is 0 Å². The molecule has 1 aromatic rings. The number of nitrogens with zero attached hydrogens (tertiary/aromatic N) is 3. The molecule has 4 nitrogen and oxygen atoms in total. The molecule has 0 N–H and O–H groups in total. The van der Waals surface area contributed by atoms with E-state index in [4.69, 9.17) is 0 Å². The lowest BCUT2D eigenvalue weighted by Crippen LogP contribution is -2.41. The maximum Gasteiger partial charge on any atom is 0.272 e. The van der Waals surface area contributed by atoms with Gasteiger partial charge in [-0.05, 0) is 49.7 Å². The lowest BCUT2D eigenvalue weighted by molar-refractivity contribution is 0.0673. The molecule has 1 aliphatic heterocycles. The van der Waals surface area contributed by atoms with Crippen LogP contribution in [-0.4, -0.2) is 45.7 Å². The predicted molar refractivity (Wildman–Crippen MR) is 89.0 cm³/mol. The first kappa shape index (κ1) is 16.4. The van der Waals surface area contributed by atoms with Crippen LogP contribution in [0.2, 0.25) is 0 Å². The van der Waals surface area contributed by atoms with Gasteiger partial charge in [-0.25, -0.2) is 0 Å². The van der Waals surface area contributed by atoms with E-state index < -0.39 is 0 Å². The second kappa shape index (κ2) is 7.34. The first-order valence-corrected chi connectivity index (χ1v) is 9.32. The van der Waals surface area contributed by atoms with Crippen LogP contribution in [0.1, 0.15) is 55.7 Å². The highest BCUT2D eigenvalue weighted by molar-refractivity contribution is 7.98. The lowest BCUT2D eigenvalue weighted by atomic mass is 9.99. The Kier molecular flexibility index (Phi) is 5.73. The molecule has 21 heavy (non-hydrogen) atoms. The molecule has 0 bridgehead atoms. The molecule has 1 saturated heterocycles. The van der Waals surface area contributed by atoms with Gasteiger partial charge in [0.25, 0.3) is 5.91 Å². The Balaban J connectivity index is 2.15. The Labute approximate surface area is 132 Å². The molecular formula is C16H27N3OS. The maximum absolute atomic E-state index is 12.8.